The Morgan fingerprint density at radius 2 is 1.52 bits per heavy atom. The Labute approximate surface area is 357 Å². The zero-order valence-corrected chi connectivity index (χ0v) is 37.0. The molecule has 0 saturated heterocycles. The highest BCUT2D eigenvalue weighted by molar-refractivity contribution is 8.05. The van der Waals surface area contributed by atoms with Crippen LogP contribution in [-0.2, 0) is 16.6 Å². The van der Waals surface area contributed by atoms with Crippen LogP contribution in [0, 0.1) is 0 Å². The van der Waals surface area contributed by atoms with E-state index in [9.17, 15) is 0 Å². The fourth-order valence-electron chi connectivity index (χ4n) is 8.11. The Balaban J connectivity index is 1.22. The standard InChI is InChI=1S/C49H53N4O2S3/c1-10-28-54-37-22-24-41-39(30-37)48(4,5)43(52(41)8)26-20-35-14-13-15-36(21-27-44-49(6,7)40-31-38(55-29-11-2)23-25-42(40)53(44)9)45(35)57-47-51-50-46(58-47)56-32-34-18-16-33(12-3)17-19-34/h10-12,16-27,30-31H,1-3,13-15,28-29,32H2,4-9H3/q+1. The van der Waals surface area contributed by atoms with Crippen LogP contribution < -0.4 is 14.4 Å². The van der Waals surface area contributed by atoms with Gasteiger partial charge in [0.05, 0.1) is 5.41 Å². The number of benzene rings is 3. The highest BCUT2D eigenvalue weighted by Crippen LogP contribution is 2.49. The van der Waals surface area contributed by atoms with E-state index in [1.54, 1.807) is 47.0 Å². The molecule has 1 aromatic heterocycles. The predicted molar refractivity (Wildman–Crippen MR) is 248 cm³/mol. The van der Waals surface area contributed by atoms with Crippen molar-refractivity contribution in [3.63, 3.8) is 0 Å². The predicted octanol–water partition coefficient (Wildman–Crippen LogP) is 12.6. The van der Waals surface area contributed by atoms with Gasteiger partial charge in [0.2, 0.25) is 5.69 Å². The van der Waals surface area contributed by atoms with E-state index in [1.165, 1.54) is 55.5 Å². The molecule has 0 fully saturated rings. The van der Waals surface area contributed by atoms with Crippen LogP contribution in [0.25, 0.3) is 6.08 Å². The molecule has 0 unspecified atom stereocenters. The lowest BCUT2D eigenvalue weighted by molar-refractivity contribution is -0.401. The summed E-state index contributed by atoms with van der Waals surface area (Å²) in [6.07, 6.45) is 17.9. The van der Waals surface area contributed by atoms with Crippen LogP contribution in [0.5, 0.6) is 11.5 Å². The smallest absolute Gasteiger partial charge is 0.209 e. The van der Waals surface area contributed by atoms with Crippen LogP contribution in [0.1, 0.15) is 69.2 Å². The van der Waals surface area contributed by atoms with E-state index >= 15 is 0 Å². The fourth-order valence-corrected chi connectivity index (χ4v) is 11.3. The van der Waals surface area contributed by atoms with Gasteiger partial charge >= 0.3 is 0 Å². The molecule has 6 nitrogen and oxygen atoms in total. The minimum absolute atomic E-state index is 0.207. The van der Waals surface area contributed by atoms with Crippen LogP contribution in [0.2, 0.25) is 0 Å². The van der Waals surface area contributed by atoms with Gasteiger partial charge in [0.25, 0.3) is 0 Å². The van der Waals surface area contributed by atoms with Gasteiger partial charge in [-0.2, -0.15) is 4.58 Å². The molecule has 0 atom stereocenters. The highest BCUT2D eigenvalue weighted by Gasteiger charge is 2.43. The number of rotatable bonds is 15. The molecule has 0 amide bonds. The van der Waals surface area contributed by atoms with Crippen molar-refractivity contribution in [2.45, 2.75) is 72.2 Å². The van der Waals surface area contributed by atoms with Crippen molar-refractivity contribution in [1.82, 2.24) is 10.2 Å². The van der Waals surface area contributed by atoms with Crippen LogP contribution in [0.15, 0.2) is 147 Å². The second kappa shape index (κ2) is 17.6. The summed E-state index contributed by atoms with van der Waals surface area (Å²) in [6, 6.07) is 21.3. The average Bonchev–Trinajstić information content (AvgIpc) is 3.81. The molecular formula is C49H53N4O2S3+. The number of fused-ring (bicyclic) bond motifs is 2. The van der Waals surface area contributed by atoms with Gasteiger partial charge < -0.3 is 14.4 Å². The first-order chi connectivity index (χ1) is 27.9. The molecule has 4 aromatic rings. The first-order valence-corrected chi connectivity index (χ1v) is 22.4. The maximum Gasteiger partial charge on any atom is 0.209 e. The summed E-state index contributed by atoms with van der Waals surface area (Å²) >= 11 is 5.16. The summed E-state index contributed by atoms with van der Waals surface area (Å²) in [5.74, 6) is 2.57. The summed E-state index contributed by atoms with van der Waals surface area (Å²) in [5, 5.41) is 9.34. The molecule has 58 heavy (non-hydrogen) atoms. The van der Waals surface area contributed by atoms with Gasteiger partial charge in [0.15, 0.2) is 14.4 Å². The summed E-state index contributed by atoms with van der Waals surface area (Å²) in [7, 11) is 4.33. The van der Waals surface area contributed by atoms with Gasteiger partial charge in [0.1, 0.15) is 31.8 Å². The third-order valence-electron chi connectivity index (χ3n) is 11.3. The van der Waals surface area contributed by atoms with E-state index in [4.69, 9.17) is 14.6 Å². The highest BCUT2D eigenvalue weighted by atomic mass is 32.2. The SMILES string of the molecule is C=CCOc1ccc2c(c1)C(C)(C)C(/C=C/C1=C(Sc3nnc(SCc4ccc(C=C)cc4)s3)C(=C/C=C3/N(C)c4ccc(OCC=C)cc4C3(C)C)/CCC1)=[N+]2C. The summed E-state index contributed by atoms with van der Waals surface area (Å²) in [4.78, 5) is 3.59. The topological polar surface area (TPSA) is 50.5 Å². The number of nitrogens with zero attached hydrogens (tertiary/aromatic N) is 4. The van der Waals surface area contributed by atoms with E-state index in [0.717, 1.165) is 50.8 Å². The van der Waals surface area contributed by atoms with Gasteiger partial charge in [-0.3, -0.25) is 0 Å². The largest absolute Gasteiger partial charge is 0.490 e. The van der Waals surface area contributed by atoms with Crippen LogP contribution in [-0.4, -0.2) is 47.8 Å². The van der Waals surface area contributed by atoms with Crippen molar-refractivity contribution in [3.8, 4) is 11.5 Å². The first kappa shape index (κ1) is 41.3. The van der Waals surface area contributed by atoms with E-state index in [1.807, 2.05) is 6.08 Å². The van der Waals surface area contributed by atoms with Crippen molar-refractivity contribution in [2.24, 2.45) is 0 Å². The van der Waals surface area contributed by atoms with Gasteiger partial charge in [-0.25, -0.2) is 0 Å². The number of ether oxygens (including phenoxy) is 2. The maximum atomic E-state index is 5.94. The molecule has 1 aliphatic carbocycles. The Bertz CT molecular complexity index is 2390. The molecule has 3 aliphatic rings. The summed E-state index contributed by atoms with van der Waals surface area (Å²) in [6.45, 7) is 21.7. The maximum absolute atomic E-state index is 5.94. The normalized spacial score (nSPS) is 18.3. The van der Waals surface area contributed by atoms with Crippen molar-refractivity contribution in [3.05, 3.63) is 161 Å². The number of anilines is 1. The minimum atomic E-state index is -0.207. The lowest BCUT2D eigenvalue weighted by atomic mass is 9.81. The third-order valence-corrected chi connectivity index (χ3v) is 14.7. The van der Waals surface area contributed by atoms with Crippen LogP contribution in [0.4, 0.5) is 11.4 Å². The molecule has 0 N–H and O–H groups in total. The number of hydrogen-bond acceptors (Lipinski definition) is 8. The average molecular weight is 826 g/mol. The molecule has 9 heteroatoms. The van der Waals surface area contributed by atoms with Crippen molar-refractivity contribution < 1.29 is 14.0 Å². The second-order valence-electron chi connectivity index (χ2n) is 15.8. The zero-order valence-electron chi connectivity index (χ0n) is 34.5. The van der Waals surface area contributed by atoms with Gasteiger partial charge in [-0.1, -0.05) is 123 Å². The van der Waals surface area contributed by atoms with E-state index in [2.05, 4.69) is 161 Å². The molecule has 0 bridgehead atoms. The molecular weight excluding hydrogens is 773 g/mol. The molecule has 0 spiro atoms. The minimum Gasteiger partial charge on any atom is -0.490 e. The van der Waals surface area contributed by atoms with Crippen molar-refractivity contribution in [2.75, 3.05) is 32.2 Å². The summed E-state index contributed by atoms with van der Waals surface area (Å²) < 4.78 is 16.1. The lowest BCUT2D eigenvalue weighted by Gasteiger charge is -2.25. The molecule has 298 valence electrons. The monoisotopic (exact) mass is 825 g/mol. The number of thioether (sulfide) groups is 2. The zero-order chi connectivity index (χ0) is 41.0. The molecule has 0 saturated carbocycles. The summed E-state index contributed by atoms with van der Waals surface area (Å²) in [5.41, 5.74) is 12.0. The van der Waals surface area contributed by atoms with Crippen LogP contribution >= 0.6 is 34.9 Å². The quantitative estimate of drug-likeness (QED) is 0.0672. The van der Waals surface area contributed by atoms with Gasteiger partial charge in [-0.15, -0.1) is 10.2 Å². The second-order valence-corrected chi connectivity index (χ2v) is 19.2. The first-order valence-electron chi connectivity index (χ1n) is 19.7. The number of hydrogen-bond donors (Lipinski definition) is 0. The Morgan fingerprint density at radius 3 is 2.22 bits per heavy atom. The van der Waals surface area contributed by atoms with E-state index in [0.29, 0.717) is 13.2 Å². The number of aromatic nitrogens is 2. The number of allylic oxidation sites excluding steroid dienone is 7. The molecule has 7 rings (SSSR count). The van der Waals surface area contributed by atoms with Gasteiger partial charge in [0, 0.05) is 52.2 Å². The van der Waals surface area contributed by atoms with E-state index < -0.39 is 0 Å². The fraction of sp³-hybridized carbons (Fsp3) is 0.286. The lowest BCUT2D eigenvalue weighted by Crippen LogP contribution is -2.26. The molecule has 3 aromatic carbocycles. The van der Waals surface area contributed by atoms with Crippen LogP contribution in [0.3, 0.4) is 0 Å². The Morgan fingerprint density at radius 1 is 0.828 bits per heavy atom. The Hall–Kier alpha value is -4.83. The third kappa shape index (κ3) is 8.49. The van der Waals surface area contributed by atoms with Gasteiger partial charge in [-0.05, 0) is 97.4 Å². The van der Waals surface area contributed by atoms with Crippen molar-refractivity contribution in [1.29, 1.82) is 0 Å². The molecule has 2 aliphatic heterocycles. The van der Waals surface area contributed by atoms with Crippen molar-refractivity contribution >= 4 is 58.0 Å². The molecule has 0 radical (unpaired) electrons. The van der Waals surface area contributed by atoms with E-state index in [-0.39, 0.29) is 10.8 Å². The Kier molecular flexibility index (Phi) is 12.5. The number of likely N-dealkylation sites (N-methyl/N-ethyl adjacent to an activating group) is 1. The molecule has 3 heterocycles.